The third-order valence-electron chi connectivity index (χ3n) is 4.61. The van der Waals surface area contributed by atoms with Gasteiger partial charge in [-0.1, -0.05) is 29.8 Å². The fraction of sp³-hybridized carbons (Fsp3) is 0.400. The molecule has 0 spiro atoms. The lowest BCUT2D eigenvalue weighted by Gasteiger charge is -2.15. The molecule has 7 nitrogen and oxygen atoms in total. The quantitative estimate of drug-likeness (QED) is 0.752. The number of amides is 1. The van der Waals surface area contributed by atoms with Crippen LogP contribution in [0.2, 0.25) is 0 Å². The maximum atomic E-state index is 12.7. The molecule has 27 heavy (non-hydrogen) atoms. The maximum absolute atomic E-state index is 12.7. The van der Waals surface area contributed by atoms with Crippen molar-refractivity contribution < 1.29 is 4.79 Å². The second kappa shape index (κ2) is 7.34. The number of benzene rings is 1. The van der Waals surface area contributed by atoms with E-state index in [1.54, 1.807) is 10.9 Å². The molecule has 0 bridgehead atoms. The van der Waals surface area contributed by atoms with Crippen LogP contribution >= 0.6 is 0 Å². The third-order valence-corrected chi connectivity index (χ3v) is 4.61. The summed E-state index contributed by atoms with van der Waals surface area (Å²) in [6.45, 7) is 9.63. The minimum absolute atomic E-state index is 0.122. The molecule has 142 valence electrons. The lowest BCUT2D eigenvalue weighted by molar-refractivity contribution is -0.122. The molecule has 0 saturated heterocycles. The first-order valence-corrected chi connectivity index (χ1v) is 9.08. The van der Waals surface area contributed by atoms with Gasteiger partial charge in [0.1, 0.15) is 6.54 Å². The fourth-order valence-electron chi connectivity index (χ4n) is 3.15. The van der Waals surface area contributed by atoms with E-state index in [9.17, 15) is 9.59 Å². The highest BCUT2D eigenvalue weighted by atomic mass is 16.2. The van der Waals surface area contributed by atoms with E-state index in [1.165, 1.54) is 10.2 Å². The summed E-state index contributed by atoms with van der Waals surface area (Å²) in [7, 11) is 0. The Kier molecular flexibility index (Phi) is 5.12. The molecule has 0 aliphatic heterocycles. The number of nitrogens with one attached hydrogen (secondary N) is 1. The molecule has 1 aromatic carbocycles. The van der Waals surface area contributed by atoms with Crippen LogP contribution in [0.4, 0.5) is 0 Å². The van der Waals surface area contributed by atoms with Crippen LogP contribution in [0, 0.1) is 13.8 Å². The predicted molar refractivity (Wildman–Crippen MR) is 105 cm³/mol. The van der Waals surface area contributed by atoms with Crippen LogP contribution in [0.5, 0.6) is 0 Å². The first-order valence-electron chi connectivity index (χ1n) is 9.08. The average molecular weight is 367 g/mol. The monoisotopic (exact) mass is 367 g/mol. The van der Waals surface area contributed by atoms with Crippen molar-refractivity contribution in [2.45, 2.75) is 53.2 Å². The largest absolute Gasteiger partial charge is 0.348 e. The van der Waals surface area contributed by atoms with E-state index in [1.807, 2.05) is 58.9 Å². The van der Waals surface area contributed by atoms with Gasteiger partial charge in [0.15, 0.2) is 0 Å². The van der Waals surface area contributed by atoms with Gasteiger partial charge in [-0.05, 0) is 40.2 Å². The summed E-state index contributed by atoms with van der Waals surface area (Å²) < 4.78 is 2.99. The Balaban J connectivity index is 1.82. The summed E-state index contributed by atoms with van der Waals surface area (Å²) in [4.78, 5) is 25.2. The van der Waals surface area contributed by atoms with Crippen molar-refractivity contribution in [1.82, 2.24) is 24.9 Å². The van der Waals surface area contributed by atoms with Crippen molar-refractivity contribution in [1.29, 1.82) is 0 Å². The van der Waals surface area contributed by atoms with Crippen LogP contribution in [0.1, 0.15) is 49.7 Å². The Bertz CT molecular complexity index is 1030. The Morgan fingerprint density at radius 2 is 1.81 bits per heavy atom. The highest BCUT2D eigenvalue weighted by Crippen LogP contribution is 2.17. The van der Waals surface area contributed by atoms with Crippen LogP contribution in [0.15, 0.2) is 35.3 Å². The van der Waals surface area contributed by atoms with Gasteiger partial charge in [0.2, 0.25) is 5.91 Å². The van der Waals surface area contributed by atoms with Crippen LogP contribution in [0.25, 0.3) is 10.9 Å². The molecular formula is C20H25N5O2. The van der Waals surface area contributed by atoms with Crippen molar-refractivity contribution in [2.24, 2.45) is 0 Å². The Morgan fingerprint density at radius 3 is 2.44 bits per heavy atom. The molecule has 0 fully saturated rings. The molecule has 2 aromatic heterocycles. The fourth-order valence-corrected chi connectivity index (χ4v) is 3.15. The van der Waals surface area contributed by atoms with Gasteiger partial charge in [0.25, 0.3) is 5.56 Å². The van der Waals surface area contributed by atoms with E-state index in [0.717, 1.165) is 11.1 Å². The number of nitrogens with zero attached hydrogens (tertiary/aromatic N) is 4. The summed E-state index contributed by atoms with van der Waals surface area (Å²) in [5.41, 5.74) is 3.27. The summed E-state index contributed by atoms with van der Waals surface area (Å²) in [5.74, 6) is -0.257. The molecule has 3 aromatic rings. The predicted octanol–water partition coefficient (Wildman–Crippen LogP) is 2.67. The van der Waals surface area contributed by atoms with Gasteiger partial charge in [0.05, 0.1) is 28.8 Å². The molecule has 3 rings (SSSR count). The van der Waals surface area contributed by atoms with Crippen molar-refractivity contribution >= 4 is 16.8 Å². The molecule has 2 heterocycles. The number of carbonyl (C=O) groups is 1. The highest BCUT2D eigenvalue weighted by molar-refractivity contribution is 5.80. The highest BCUT2D eigenvalue weighted by Gasteiger charge is 2.17. The van der Waals surface area contributed by atoms with Gasteiger partial charge in [-0.25, -0.2) is 4.68 Å². The minimum Gasteiger partial charge on any atom is -0.348 e. The lowest BCUT2D eigenvalue weighted by Crippen LogP contribution is -2.35. The van der Waals surface area contributed by atoms with E-state index < -0.39 is 0 Å². The van der Waals surface area contributed by atoms with E-state index in [-0.39, 0.29) is 30.1 Å². The van der Waals surface area contributed by atoms with Crippen LogP contribution in [-0.4, -0.2) is 25.5 Å². The van der Waals surface area contributed by atoms with Crippen LogP contribution in [-0.2, 0) is 11.3 Å². The van der Waals surface area contributed by atoms with Crippen molar-refractivity contribution in [2.75, 3.05) is 0 Å². The van der Waals surface area contributed by atoms with Gasteiger partial charge in [0, 0.05) is 6.04 Å². The minimum atomic E-state index is -0.305. The van der Waals surface area contributed by atoms with Crippen LogP contribution < -0.4 is 10.9 Å². The second-order valence-corrected chi connectivity index (χ2v) is 7.19. The first kappa shape index (κ1) is 18.8. The number of carbonyl (C=O) groups excluding carboxylic acids is 1. The van der Waals surface area contributed by atoms with Gasteiger partial charge < -0.3 is 5.32 Å². The molecule has 0 aliphatic carbocycles. The topological polar surface area (TPSA) is 81.8 Å². The number of rotatable bonds is 5. The third kappa shape index (κ3) is 3.77. The molecule has 0 aliphatic rings. The zero-order valence-corrected chi connectivity index (χ0v) is 16.4. The number of hydrogen-bond donors (Lipinski definition) is 1. The van der Waals surface area contributed by atoms with Crippen LogP contribution in [0.3, 0.4) is 0 Å². The molecule has 7 heteroatoms. The summed E-state index contributed by atoms with van der Waals surface area (Å²) in [6.07, 6.45) is 1.55. The smallest absolute Gasteiger partial charge is 0.278 e. The van der Waals surface area contributed by atoms with E-state index in [0.29, 0.717) is 11.1 Å². The lowest BCUT2D eigenvalue weighted by atomic mass is 10.1. The van der Waals surface area contributed by atoms with E-state index in [4.69, 9.17) is 0 Å². The SMILES string of the molecule is Cc1ccc(C(C)NC(=O)Cn2nc(C)c3c(cnn3C(C)C)c2=O)cc1. The van der Waals surface area contributed by atoms with Gasteiger partial charge in [-0.15, -0.1) is 0 Å². The van der Waals surface area contributed by atoms with Crippen molar-refractivity contribution in [3.05, 3.63) is 57.6 Å². The van der Waals surface area contributed by atoms with Crippen molar-refractivity contribution in [3.63, 3.8) is 0 Å². The zero-order valence-electron chi connectivity index (χ0n) is 16.4. The average Bonchev–Trinajstić information content (AvgIpc) is 3.06. The molecule has 0 radical (unpaired) electrons. The maximum Gasteiger partial charge on any atom is 0.278 e. The number of fused-ring (bicyclic) bond motifs is 1. The summed E-state index contributed by atoms with van der Waals surface area (Å²) in [6, 6.07) is 7.96. The van der Waals surface area contributed by atoms with E-state index >= 15 is 0 Å². The van der Waals surface area contributed by atoms with Gasteiger partial charge in [-0.2, -0.15) is 10.2 Å². The molecule has 1 amide bonds. The molecule has 1 atom stereocenters. The summed E-state index contributed by atoms with van der Waals surface area (Å²) in [5, 5.41) is 12.0. The number of hydrogen-bond acceptors (Lipinski definition) is 4. The normalized spacial score (nSPS) is 12.5. The number of aromatic nitrogens is 4. The number of aryl methyl sites for hydroxylation is 2. The molecular weight excluding hydrogens is 342 g/mol. The summed E-state index contributed by atoms with van der Waals surface area (Å²) >= 11 is 0. The van der Waals surface area contributed by atoms with Gasteiger partial charge >= 0.3 is 0 Å². The first-order chi connectivity index (χ1) is 12.8. The van der Waals surface area contributed by atoms with Crippen molar-refractivity contribution in [3.8, 4) is 0 Å². The zero-order chi connectivity index (χ0) is 19.7. The second-order valence-electron chi connectivity index (χ2n) is 7.19. The molecule has 1 unspecified atom stereocenters. The Morgan fingerprint density at radius 1 is 1.15 bits per heavy atom. The molecule has 1 N–H and O–H groups in total. The standard InChI is InChI=1S/C20H25N5O2/c1-12(2)25-19-15(5)23-24(20(27)17(19)10-21-25)11-18(26)22-14(4)16-8-6-13(3)7-9-16/h6-10,12,14H,11H2,1-5H3,(H,22,26). The molecule has 0 saturated carbocycles. The Labute approximate surface area is 158 Å². The van der Waals surface area contributed by atoms with Gasteiger partial charge in [-0.3, -0.25) is 14.3 Å². The van der Waals surface area contributed by atoms with E-state index in [2.05, 4.69) is 15.5 Å². The Hall–Kier alpha value is -2.96.